The van der Waals surface area contributed by atoms with Crippen molar-refractivity contribution in [3.8, 4) is 0 Å². The number of nitrogens with zero attached hydrogens (tertiary/aromatic N) is 3. The minimum Gasteiger partial charge on any atom is -0.355 e. The van der Waals surface area contributed by atoms with Gasteiger partial charge in [-0.1, -0.05) is 12.1 Å². The SMILES string of the molecule is CN=C(NCCN(C)Cc1ccc(F)cc1)NCc1nc(C(F)(F)F)cs1.I. The first kappa shape index (κ1) is 24.6. The molecule has 28 heavy (non-hydrogen) atoms. The highest BCUT2D eigenvalue weighted by Crippen LogP contribution is 2.29. The molecule has 0 atom stereocenters. The lowest BCUT2D eigenvalue weighted by Gasteiger charge is -2.18. The second-order valence-corrected chi connectivity index (χ2v) is 6.78. The number of benzene rings is 1. The average Bonchev–Trinajstić information content (AvgIpc) is 3.09. The van der Waals surface area contributed by atoms with Crippen molar-refractivity contribution in [1.82, 2.24) is 20.5 Å². The van der Waals surface area contributed by atoms with Crippen LogP contribution in [-0.2, 0) is 19.3 Å². The first-order chi connectivity index (χ1) is 12.8. The van der Waals surface area contributed by atoms with Crippen LogP contribution in [-0.4, -0.2) is 43.0 Å². The van der Waals surface area contributed by atoms with Gasteiger partial charge in [0, 0.05) is 32.1 Å². The summed E-state index contributed by atoms with van der Waals surface area (Å²) in [6.07, 6.45) is -4.43. The van der Waals surface area contributed by atoms with Gasteiger partial charge in [-0.25, -0.2) is 9.37 Å². The van der Waals surface area contributed by atoms with E-state index in [1.54, 1.807) is 19.2 Å². The summed E-state index contributed by atoms with van der Waals surface area (Å²) in [5.74, 6) is 0.217. The number of likely N-dealkylation sites (N-methyl/N-ethyl adjacent to an activating group) is 1. The van der Waals surface area contributed by atoms with Crippen molar-refractivity contribution >= 4 is 41.3 Å². The van der Waals surface area contributed by atoms with Crippen molar-refractivity contribution in [2.75, 3.05) is 27.2 Å². The number of guanidine groups is 1. The van der Waals surface area contributed by atoms with Gasteiger partial charge in [0.25, 0.3) is 0 Å². The molecule has 0 aliphatic heterocycles. The second kappa shape index (κ2) is 11.5. The molecule has 5 nitrogen and oxygen atoms in total. The van der Waals surface area contributed by atoms with Crippen molar-refractivity contribution in [1.29, 1.82) is 0 Å². The van der Waals surface area contributed by atoms with Crippen LogP contribution in [0.2, 0.25) is 0 Å². The Morgan fingerprint density at radius 3 is 2.46 bits per heavy atom. The van der Waals surface area contributed by atoms with Crippen LogP contribution in [0.1, 0.15) is 16.3 Å². The number of hydrogen-bond acceptors (Lipinski definition) is 4. The Morgan fingerprint density at radius 2 is 1.89 bits per heavy atom. The van der Waals surface area contributed by atoms with Crippen LogP contribution in [0.15, 0.2) is 34.6 Å². The van der Waals surface area contributed by atoms with Gasteiger partial charge < -0.3 is 15.5 Å². The predicted molar refractivity (Wildman–Crippen MR) is 113 cm³/mol. The highest BCUT2D eigenvalue weighted by molar-refractivity contribution is 14.0. The lowest BCUT2D eigenvalue weighted by molar-refractivity contribution is -0.140. The Kier molecular flexibility index (Phi) is 10.1. The minimum absolute atomic E-state index is 0. The maximum Gasteiger partial charge on any atom is 0.434 e. The molecule has 156 valence electrons. The molecule has 1 heterocycles. The van der Waals surface area contributed by atoms with Gasteiger partial charge in [0.15, 0.2) is 11.7 Å². The molecule has 0 bridgehead atoms. The minimum atomic E-state index is -4.43. The number of alkyl halides is 3. The quantitative estimate of drug-likeness (QED) is 0.248. The fraction of sp³-hybridized carbons (Fsp3) is 0.412. The summed E-state index contributed by atoms with van der Waals surface area (Å²) in [5.41, 5.74) is 0.125. The van der Waals surface area contributed by atoms with Crippen molar-refractivity contribution < 1.29 is 17.6 Å². The van der Waals surface area contributed by atoms with Crippen LogP contribution in [0.25, 0.3) is 0 Å². The number of halogens is 5. The largest absolute Gasteiger partial charge is 0.434 e. The molecular weight excluding hydrogens is 509 g/mol. The maximum atomic E-state index is 12.9. The lowest BCUT2D eigenvalue weighted by Crippen LogP contribution is -2.40. The maximum absolute atomic E-state index is 12.9. The van der Waals surface area contributed by atoms with Crippen LogP contribution >= 0.6 is 35.3 Å². The number of nitrogens with one attached hydrogen (secondary N) is 2. The van der Waals surface area contributed by atoms with Crippen molar-refractivity contribution in [2.45, 2.75) is 19.3 Å². The monoisotopic (exact) mass is 531 g/mol. The van der Waals surface area contributed by atoms with Crippen molar-refractivity contribution in [3.05, 3.63) is 51.7 Å². The average molecular weight is 531 g/mol. The first-order valence-electron chi connectivity index (χ1n) is 8.17. The molecule has 0 aliphatic carbocycles. The summed E-state index contributed by atoms with van der Waals surface area (Å²) >= 11 is 0.949. The molecule has 0 aliphatic rings. The topological polar surface area (TPSA) is 52.6 Å². The highest BCUT2D eigenvalue weighted by Gasteiger charge is 2.33. The van der Waals surface area contributed by atoms with E-state index in [0.29, 0.717) is 30.6 Å². The molecular formula is C17H22F4IN5S. The third-order valence-corrected chi connectivity index (χ3v) is 4.47. The van der Waals surface area contributed by atoms with Crippen LogP contribution < -0.4 is 10.6 Å². The normalized spacial score (nSPS) is 12.0. The van der Waals surface area contributed by atoms with E-state index in [1.165, 1.54) is 12.1 Å². The van der Waals surface area contributed by atoms with E-state index in [2.05, 4.69) is 25.5 Å². The predicted octanol–water partition coefficient (Wildman–Crippen LogP) is 3.72. The van der Waals surface area contributed by atoms with Gasteiger partial charge >= 0.3 is 6.18 Å². The number of rotatable bonds is 7. The highest BCUT2D eigenvalue weighted by atomic mass is 127. The Bertz CT molecular complexity index is 749. The van der Waals surface area contributed by atoms with Gasteiger partial charge in [0.2, 0.25) is 0 Å². The van der Waals surface area contributed by atoms with Gasteiger partial charge in [-0.05, 0) is 24.7 Å². The van der Waals surface area contributed by atoms with E-state index in [0.717, 1.165) is 22.3 Å². The molecule has 1 aromatic carbocycles. The van der Waals surface area contributed by atoms with Gasteiger partial charge in [-0.15, -0.1) is 35.3 Å². The van der Waals surface area contributed by atoms with E-state index >= 15 is 0 Å². The molecule has 0 amide bonds. The molecule has 11 heteroatoms. The standard InChI is InChI=1S/C17H21F4N5S.HI/c1-22-16(24-9-15-25-14(11-27-15)17(19,20)21)23-7-8-26(2)10-12-3-5-13(18)6-4-12;/h3-6,11H,7-10H2,1-2H3,(H2,22,23,24);1H. The van der Waals surface area contributed by atoms with Crippen LogP contribution in [0.4, 0.5) is 17.6 Å². The molecule has 0 spiro atoms. The summed E-state index contributed by atoms with van der Waals surface area (Å²) in [4.78, 5) is 9.66. The van der Waals surface area contributed by atoms with Crippen LogP contribution in [0, 0.1) is 5.82 Å². The second-order valence-electron chi connectivity index (χ2n) is 5.84. The van der Waals surface area contributed by atoms with E-state index < -0.39 is 11.9 Å². The fourth-order valence-corrected chi connectivity index (χ4v) is 2.99. The Labute approximate surface area is 182 Å². The zero-order valence-corrected chi connectivity index (χ0v) is 18.5. The zero-order valence-electron chi connectivity index (χ0n) is 15.4. The Balaban J connectivity index is 0.00000392. The summed E-state index contributed by atoms with van der Waals surface area (Å²) in [6, 6.07) is 6.33. The van der Waals surface area contributed by atoms with Crippen LogP contribution in [0.3, 0.4) is 0 Å². The van der Waals surface area contributed by atoms with Gasteiger partial charge in [-0.3, -0.25) is 4.99 Å². The molecule has 1 aromatic heterocycles. The molecule has 0 fully saturated rings. The van der Waals surface area contributed by atoms with E-state index in [4.69, 9.17) is 0 Å². The van der Waals surface area contributed by atoms with Gasteiger partial charge in [0.05, 0.1) is 6.54 Å². The molecule has 2 rings (SSSR count). The van der Waals surface area contributed by atoms with Gasteiger partial charge in [-0.2, -0.15) is 13.2 Å². The molecule has 0 saturated carbocycles. The Hall–Kier alpha value is -1.47. The zero-order chi connectivity index (χ0) is 19.9. The lowest BCUT2D eigenvalue weighted by atomic mass is 10.2. The summed E-state index contributed by atoms with van der Waals surface area (Å²) < 4.78 is 50.6. The summed E-state index contributed by atoms with van der Waals surface area (Å²) in [6.45, 7) is 2.12. The van der Waals surface area contributed by atoms with Gasteiger partial charge in [0.1, 0.15) is 10.8 Å². The van der Waals surface area contributed by atoms with Crippen LogP contribution in [0.5, 0.6) is 0 Å². The van der Waals surface area contributed by atoms with Crippen molar-refractivity contribution in [2.24, 2.45) is 4.99 Å². The fourth-order valence-electron chi connectivity index (χ4n) is 2.25. The number of thiazole rings is 1. The smallest absolute Gasteiger partial charge is 0.355 e. The molecule has 2 aromatic rings. The third kappa shape index (κ3) is 8.27. The third-order valence-electron chi connectivity index (χ3n) is 3.62. The summed E-state index contributed by atoms with van der Waals surface area (Å²) in [5, 5.41) is 7.36. The summed E-state index contributed by atoms with van der Waals surface area (Å²) in [7, 11) is 3.52. The van der Waals surface area contributed by atoms with E-state index in [-0.39, 0.29) is 36.3 Å². The first-order valence-corrected chi connectivity index (χ1v) is 9.05. The molecule has 0 radical (unpaired) electrons. The number of aromatic nitrogens is 1. The Morgan fingerprint density at radius 1 is 1.21 bits per heavy atom. The molecule has 0 unspecified atom stereocenters. The number of aliphatic imine (C=N–C) groups is 1. The number of hydrogen-bond donors (Lipinski definition) is 2. The van der Waals surface area contributed by atoms with E-state index in [9.17, 15) is 17.6 Å². The van der Waals surface area contributed by atoms with E-state index in [1.807, 2.05) is 7.05 Å². The molecule has 0 saturated heterocycles. The molecule has 2 N–H and O–H groups in total. The van der Waals surface area contributed by atoms with Crippen molar-refractivity contribution in [3.63, 3.8) is 0 Å².